The summed E-state index contributed by atoms with van der Waals surface area (Å²) in [5.74, 6) is 2.76. The zero-order chi connectivity index (χ0) is 9.24. The zero-order valence-electron chi connectivity index (χ0n) is 8.94. The van der Waals surface area contributed by atoms with Crippen molar-refractivity contribution in [1.29, 1.82) is 0 Å². The van der Waals surface area contributed by atoms with Crippen LogP contribution in [0.3, 0.4) is 0 Å². The lowest BCUT2D eigenvalue weighted by atomic mass is 9.62. The maximum Gasteiger partial charge on any atom is -0.00620 e. The minimum absolute atomic E-state index is 0.503. The van der Waals surface area contributed by atoms with Crippen molar-refractivity contribution in [1.82, 2.24) is 0 Å². The Morgan fingerprint density at radius 1 is 1.17 bits per heavy atom. The predicted octanol–water partition coefficient (Wildman–Crippen LogP) is 3.96. The first-order valence-electron chi connectivity index (χ1n) is 5.10. The summed E-state index contributed by atoms with van der Waals surface area (Å²) in [6, 6.07) is 0. The van der Waals surface area contributed by atoms with Gasteiger partial charge >= 0.3 is 0 Å². The van der Waals surface area contributed by atoms with E-state index in [4.69, 9.17) is 0 Å². The Bertz CT molecular complexity index is 138. The fraction of sp³-hybridized carbons (Fsp3) is 1.00. The lowest BCUT2D eigenvalue weighted by molar-refractivity contribution is 0.0691. The monoisotopic (exact) mass is 186 g/mol. The van der Waals surface area contributed by atoms with Gasteiger partial charge in [-0.1, -0.05) is 27.7 Å². The molecule has 0 aromatic carbocycles. The second-order valence-electron chi connectivity index (χ2n) is 5.00. The van der Waals surface area contributed by atoms with Crippen LogP contribution in [0.1, 0.15) is 47.0 Å². The maximum absolute atomic E-state index is 2.41. The molecule has 1 fully saturated rings. The number of thioether (sulfide) groups is 1. The average molecular weight is 186 g/mol. The topological polar surface area (TPSA) is 0 Å². The lowest BCUT2D eigenvalue weighted by Gasteiger charge is -2.47. The van der Waals surface area contributed by atoms with Crippen LogP contribution in [0.4, 0.5) is 0 Å². The van der Waals surface area contributed by atoms with Crippen LogP contribution in [0, 0.1) is 10.8 Å². The van der Waals surface area contributed by atoms with Gasteiger partial charge in [0, 0.05) is 0 Å². The molecule has 1 heterocycles. The number of hydrogen-bond donors (Lipinski definition) is 0. The molecule has 0 atom stereocenters. The van der Waals surface area contributed by atoms with Gasteiger partial charge in [-0.25, -0.2) is 0 Å². The molecule has 12 heavy (non-hydrogen) atoms. The Morgan fingerprint density at radius 3 is 1.92 bits per heavy atom. The molecule has 0 spiro atoms. The lowest BCUT2D eigenvalue weighted by Crippen LogP contribution is -2.38. The molecule has 0 bridgehead atoms. The first-order chi connectivity index (χ1) is 5.52. The van der Waals surface area contributed by atoms with Gasteiger partial charge in [0.1, 0.15) is 0 Å². The molecule has 1 heteroatoms. The van der Waals surface area contributed by atoms with Crippen LogP contribution in [0.5, 0.6) is 0 Å². The highest BCUT2D eigenvalue weighted by Crippen LogP contribution is 2.50. The summed E-state index contributed by atoms with van der Waals surface area (Å²) < 4.78 is 0. The van der Waals surface area contributed by atoms with E-state index in [2.05, 4.69) is 39.5 Å². The van der Waals surface area contributed by atoms with Gasteiger partial charge in [0.15, 0.2) is 0 Å². The van der Waals surface area contributed by atoms with Gasteiger partial charge in [0.2, 0.25) is 0 Å². The Morgan fingerprint density at radius 2 is 1.67 bits per heavy atom. The largest absolute Gasteiger partial charge is 0.162 e. The van der Waals surface area contributed by atoms with Gasteiger partial charge < -0.3 is 0 Å². The van der Waals surface area contributed by atoms with E-state index >= 15 is 0 Å². The van der Waals surface area contributed by atoms with Crippen LogP contribution in [0.15, 0.2) is 0 Å². The van der Waals surface area contributed by atoms with Gasteiger partial charge in [-0.2, -0.15) is 11.8 Å². The molecule has 1 saturated heterocycles. The Kier molecular flexibility index (Phi) is 3.14. The standard InChI is InChI=1S/C11H22S/c1-5-11(10(2,3)4)6-8-12-9-7-11/h5-9H2,1-4H3. The third-order valence-corrected chi connectivity index (χ3v) is 4.70. The quantitative estimate of drug-likeness (QED) is 0.597. The zero-order valence-corrected chi connectivity index (χ0v) is 9.76. The van der Waals surface area contributed by atoms with E-state index in [-0.39, 0.29) is 0 Å². The second kappa shape index (κ2) is 3.61. The molecule has 1 aliphatic rings. The van der Waals surface area contributed by atoms with Crippen LogP contribution in [-0.4, -0.2) is 11.5 Å². The Labute approximate surface area is 81.5 Å². The Hall–Kier alpha value is 0.350. The molecule has 0 nitrogen and oxygen atoms in total. The van der Waals surface area contributed by atoms with Crippen LogP contribution in [-0.2, 0) is 0 Å². The minimum atomic E-state index is 0.503. The molecule has 0 aromatic rings. The van der Waals surface area contributed by atoms with Gasteiger partial charge in [-0.05, 0) is 41.6 Å². The molecule has 0 aliphatic carbocycles. The molecule has 72 valence electrons. The minimum Gasteiger partial charge on any atom is -0.162 e. The van der Waals surface area contributed by atoms with E-state index in [1.54, 1.807) is 0 Å². The molecule has 0 unspecified atom stereocenters. The predicted molar refractivity (Wildman–Crippen MR) is 58.7 cm³/mol. The van der Waals surface area contributed by atoms with Crippen molar-refractivity contribution in [3.63, 3.8) is 0 Å². The van der Waals surface area contributed by atoms with Crippen molar-refractivity contribution in [2.24, 2.45) is 10.8 Å². The van der Waals surface area contributed by atoms with E-state index < -0.39 is 0 Å². The smallest absolute Gasteiger partial charge is 0.00620 e. The van der Waals surface area contributed by atoms with E-state index in [0.29, 0.717) is 10.8 Å². The average Bonchev–Trinajstić information content (AvgIpc) is 2.04. The first kappa shape index (κ1) is 10.4. The highest BCUT2D eigenvalue weighted by molar-refractivity contribution is 7.99. The third kappa shape index (κ3) is 1.81. The normalized spacial score (nSPS) is 24.0. The summed E-state index contributed by atoms with van der Waals surface area (Å²) in [5.41, 5.74) is 1.14. The van der Waals surface area contributed by atoms with E-state index in [9.17, 15) is 0 Å². The van der Waals surface area contributed by atoms with Crippen molar-refractivity contribution >= 4 is 11.8 Å². The van der Waals surface area contributed by atoms with E-state index in [0.717, 1.165) is 0 Å². The fourth-order valence-corrected chi connectivity index (χ4v) is 3.67. The number of hydrogen-bond acceptors (Lipinski definition) is 1. The SMILES string of the molecule is CCC1(C(C)(C)C)CCSCC1. The van der Waals surface area contributed by atoms with Gasteiger partial charge in [0.05, 0.1) is 0 Å². The maximum atomic E-state index is 2.41. The summed E-state index contributed by atoms with van der Waals surface area (Å²) in [6.45, 7) is 9.59. The van der Waals surface area contributed by atoms with Crippen molar-refractivity contribution in [3.8, 4) is 0 Å². The van der Waals surface area contributed by atoms with Crippen molar-refractivity contribution in [2.75, 3.05) is 11.5 Å². The van der Waals surface area contributed by atoms with Crippen molar-refractivity contribution < 1.29 is 0 Å². The first-order valence-corrected chi connectivity index (χ1v) is 6.25. The summed E-state index contributed by atoms with van der Waals surface area (Å²) in [4.78, 5) is 0. The molecule has 0 amide bonds. The highest BCUT2D eigenvalue weighted by Gasteiger charge is 2.40. The molecule has 1 aliphatic heterocycles. The molecule has 0 radical (unpaired) electrons. The van der Waals surface area contributed by atoms with Crippen molar-refractivity contribution in [2.45, 2.75) is 47.0 Å². The summed E-state index contributed by atoms with van der Waals surface area (Å²) in [6.07, 6.45) is 4.21. The number of rotatable bonds is 1. The van der Waals surface area contributed by atoms with Crippen LogP contribution in [0.25, 0.3) is 0 Å². The highest BCUT2D eigenvalue weighted by atomic mass is 32.2. The third-order valence-electron chi connectivity index (χ3n) is 3.72. The molecule has 0 N–H and O–H groups in total. The van der Waals surface area contributed by atoms with E-state index in [1.807, 2.05) is 0 Å². The molecular weight excluding hydrogens is 164 g/mol. The van der Waals surface area contributed by atoms with Crippen LogP contribution >= 0.6 is 11.8 Å². The molecule has 0 saturated carbocycles. The molecule has 0 aromatic heterocycles. The second-order valence-corrected chi connectivity index (χ2v) is 6.22. The van der Waals surface area contributed by atoms with Gasteiger partial charge in [-0.3, -0.25) is 0 Å². The molecular formula is C11H22S. The van der Waals surface area contributed by atoms with Gasteiger partial charge in [0.25, 0.3) is 0 Å². The van der Waals surface area contributed by atoms with Crippen LogP contribution in [0.2, 0.25) is 0 Å². The fourth-order valence-electron chi connectivity index (χ4n) is 2.40. The molecule has 1 rings (SSSR count). The summed E-state index contributed by atoms with van der Waals surface area (Å²) >= 11 is 2.13. The van der Waals surface area contributed by atoms with E-state index in [1.165, 1.54) is 30.8 Å². The van der Waals surface area contributed by atoms with Gasteiger partial charge in [-0.15, -0.1) is 0 Å². The Balaban J connectivity index is 2.73. The van der Waals surface area contributed by atoms with Crippen molar-refractivity contribution in [3.05, 3.63) is 0 Å². The summed E-state index contributed by atoms with van der Waals surface area (Å²) in [5, 5.41) is 0. The summed E-state index contributed by atoms with van der Waals surface area (Å²) in [7, 11) is 0. The van der Waals surface area contributed by atoms with Crippen LogP contribution < -0.4 is 0 Å².